The highest BCUT2D eigenvalue weighted by Gasteiger charge is 2.41. The minimum absolute atomic E-state index is 0.241. The summed E-state index contributed by atoms with van der Waals surface area (Å²) in [7, 11) is 1.51. The van der Waals surface area contributed by atoms with Gasteiger partial charge < -0.3 is 20.1 Å². The number of halogens is 3. The third-order valence-corrected chi connectivity index (χ3v) is 3.47. The van der Waals surface area contributed by atoms with E-state index < -0.39 is 11.8 Å². The van der Waals surface area contributed by atoms with Crippen LogP contribution in [0.3, 0.4) is 0 Å². The Morgan fingerprint density at radius 2 is 2.23 bits per heavy atom. The van der Waals surface area contributed by atoms with Crippen LogP contribution in [0.15, 0.2) is 24.3 Å². The van der Waals surface area contributed by atoms with E-state index in [1.165, 1.54) is 25.3 Å². The molecule has 0 bridgehead atoms. The molecule has 1 unspecified atom stereocenters. The van der Waals surface area contributed by atoms with Crippen LogP contribution in [0.4, 0.5) is 18.9 Å². The van der Waals surface area contributed by atoms with Gasteiger partial charge in [-0.15, -0.1) is 13.2 Å². The smallest absolute Gasteiger partial charge is 0.406 e. The SMILES string of the molecule is COCC1(C(=O)Nc2cccc(OC(F)(F)F)c2)CCNC1. The molecule has 1 aromatic carbocycles. The van der Waals surface area contributed by atoms with Crippen LogP contribution in [0.2, 0.25) is 0 Å². The Bertz CT molecular complexity index is 528. The van der Waals surface area contributed by atoms with Crippen molar-refractivity contribution in [3.8, 4) is 5.75 Å². The zero-order valence-electron chi connectivity index (χ0n) is 12.0. The van der Waals surface area contributed by atoms with Crippen molar-refractivity contribution in [3.63, 3.8) is 0 Å². The molecule has 0 radical (unpaired) electrons. The maximum Gasteiger partial charge on any atom is 0.573 e. The second kappa shape index (κ2) is 6.53. The molecule has 1 heterocycles. The number of carbonyl (C=O) groups excluding carboxylic acids is 1. The minimum Gasteiger partial charge on any atom is -0.406 e. The van der Waals surface area contributed by atoms with E-state index in [4.69, 9.17) is 4.74 Å². The van der Waals surface area contributed by atoms with Crippen LogP contribution < -0.4 is 15.4 Å². The molecule has 2 N–H and O–H groups in total. The van der Waals surface area contributed by atoms with Crippen LogP contribution >= 0.6 is 0 Å². The lowest BCUT2D eigenvalue weighted by molar-refractivity contribution is -0.274. The Hall–Kier alpha value is -1.80. The number of benzene rings is 1. The van der Waals surface area contributed by atoms with Crippen molar-refractivity contribution in [2.45, 2.75) is 12.8 Å². The average Bonchev–Trinajstić information content (AvgIpc) is 2.87. The number of methoxy groups -OCH3 is 1. The largest absolute Gasteiger partial charge is 0.573 e. The van der Waals surface area contributed by atoms with Gasteiger partial charge >= 0.3 is 6.36 Å². The van der Waals surface area contributed by atoms with Crippen LogP contribution in [-0.2, 0) is 9.53 Å². The fraction of sp³-hybridized carbons (Fsp3) is 0.500. The summed E-state index contributed by atoms with van der Waals surface area (Å²) in [5.41, 5.74) is -0.468. The molecule has 0 aliphatic carbocycles. The first-order chi connectivity index (χ1) is 10.3. The molecule has 0 saturated carbocycles. The fourth-order valence-electron chi connectivity index (χ4n) is 2.44. The lowest BCUT2D eigenvalue weighted by atomic mass is 9.87. The molecule has 22 heavy (non-hydrogen) atoms. The zero-order valence-corrected chi connectivity index (χ0v) is 12.0. The first-order valence-corrected chi connectivity index (χ1v) is 6.72. The summed E-state index contributed by atoms with van der Waals surface area (Å²) in [6.07, 6.45) is -4.17. The van der Waals surface area contributed by atoms with Crippen LogP contribution in [0.1, 0.15) is 6.42 Å². The lowest BCUT2D eigenvalue weighted by Crippen LogP contribution is -2.41. The first-order valence-electron chi connectivity index (χ1n) is 6.72. The number of amides is 1. The third kappa shape index (κ3) is 4.11. The van der Waals surface area contributed by atoms with Gasteiger partial charge in [0.25, 0.3) is 0 Å². The Kier molecular flexibility index (Phi) is 4.92. The van der Waals surface area contributed by atoms with Gasteiger partial charge in [0.05, 0.1) is 12.0 Å². The minimum atomic E-state index is -4.77. The molecule has 0 spiro atoms. The summed E-state index contributed by atoms with van der Waals surface area (Å²) in [4.78, 5) is 12.4. The highest BCUT2D eigenvalue weighted by Crippen LogP contribution is 2.29. The van der Waals surface area contributed by atoms with Gasteiger partial charge in [0, 0.05) is 25.4 Å². The molecule has 8 heteroatoms. The van der Waals surface area contributed by atoms with Crippen molar-refractivity contribution < 1.29 is 27.4 Å². The van der Waals surface area contributed by atoms with Gasteiger partial charge in [-0.3, -0.25) is 4.79 Å². The number of nitrogens with one attached hydrogen (secondary N) is 2. The van der Waals surface area contributed by atoms with E-state index in [0.717, 1.165) is 6.07 Å². The van der Waals surface area contributed by atoms with E-state index >= 15 is 0 Å². The van der Waals surface area contributed by atoms with Crippen molar-refractivity contribution in [3.05, 3.63) is 24.3 Å². The number of hydrogen-bond donors (Lipinski definition) is 2. The van der Waals surface area contributed by atoms with Crippen LogP contribution in [0.25, 0.3) is 0 Å². The standard InChI is InChI=1S/C14H17F3N2O3/c1-21-9-13(5-6-18-8-13)12(20)19-10-3-2-4-11(7-10)22-14(15,16)17/h2-4,7,18H,5-6,8-9H2,1H3,(H,19,20). The van der Waals surface area contributed by atoms with Gasteiger partial charge in [0.15, 0.2) is 0 Å². The summed E-state index contributed by atoms with van der Waals surface area (Å²) in [5.74, 6) is -0.667. The van der Waals surface area contributed by atoms with E-state index in [0.29, 0.717) is 19.5 Å². The normalized spacial score (nSPS) is 21.6. The quantitative estimate of drug-likeness (QED) is 0.873. The third-order valence-electron chi connectivity index (χ3n) is 3.47. The predicted octanol–water partition coefficient (Wildman–Crippen LogP) is 2.15. The van der Waals surface area contributed by atoms with E-state index in [-0.39, 0.29) is 24.0 Å². The van der Waals surface area contributed by atoms with E-state index in [2.05, 4.69) is 15.4 Å². The van der Waals surface area contributed by atoms with Crippen LogP contribution in [-0.4, -0.2) is 39.1 Å². The van der Waals surface area contributed by atoms with Gasteiger partial charge in [-0.2, -0.15) is 0 Å². The summed E-state index contributed by atoms with van der Waals surface area (Å²) < 4.78 is 45.6. The number of anilines is 1. The van der Waals surface area contributed by atoms with Crippen LogP contribution in [0.5, 0.6) is 5.75 Å². The van der Waals surface area contributed by atoms with Gasteiger partial charge in [0.1, 0.15) is 5.75 Å². The van der Waals surface area contributed by atoms with Crippen molar-refractivity contribution in [1.82, 2.24) is 5.32 Å². The first kappa shape index (κ1) is 16.6. The van der Waals surface area contributed by atoms with Gasteiger partial charge in [-0.25, -0.2) is 0 Å². The Balaban J connectivity index is 2.09. The maximum absolute atomic E-state index is 12.4. The number of rotatable bonds is 5. The molecule has 1 aliphatic heterocycles. The van der Waals surface area contributed by atoms with Crippen molar-refractivity contribution in [2.24, 2.45) is 5.41 Å². The van der Waals surface area contributed by atoms with E-state index in [1.54, 1.807) is 0 Å². The maximum atomic E-state index is 12.4. The summed E-state index contributed by atoms with van der Waals surface area (Å²) in [5, 5.41) is 5.72. The van der Waals surface area contributed by atoms with E-state index in [9.17, 15) is 18.0 Å². The lowest BCUT2D eigenvalue weighted by Gasteiger charge is -2.26. The number of hydrogen-bond acceptors (Lipinski definition) is 4. The summed E-state index contributed by atoms with van der Waals surface area (Å²) >= 11 is 0. The molecular weight excluding hydrogens is 301 g/mol. The molecule has 1 aromatic rings. The highest BCUT2D eigenvalue weighted by atomic mass is 19.4. The van der Waals surface area contributed by atoms with Crippen molar-refractivity contribution in [1.29, 1.82) is 0 Å². The van der Waals surface area contributed by atoms with Gasteiger partial charge in [0.2, 0.25) is 5.91 Å². The zero-order chi connectivity index (χ0) is 16.2. The highest BCUT2D eigenvalue weighted by molar-refractivity contribution is 5.96. The van der Waals surface area contributed by atoms with Gasteiger partial charge in [-0.1, -0.05) is 6.07 Å². The van der Waals surface area contributed by atoms with E-state index in [1.807, 2.05) is 0 Å². The monoisotopic (exact) mass is 318 g/mol. The molecule has 1 aliphatic rings. The molecule has 1 atom stereocenters. The van der Waals surface area contributed by atoms with Crippen molar-refractivity contribution >= 4 is 11.6 Å². The Morgan fingerprint density at radius 3 is 2.82 bits per heavy atom. The second-order valence-electron chi connectivity index (χ2n) is 5.17. The Labute approximate surface area is 125 Å². The molecule has 5 nitrogen and oxygen atoms in total. The predicted molar refractivity (Wildman–Crippen MR) is 73.6 cm³/mol. The molecule has 1 amide bonds. The summed E-state index contributed by atoms with van der Waals surface area (Å²) in [6.45, 7) is 1.39. The van der Waals surface area contributed by atoms with Gasteiger partial charge in [-0.05, 0) is 25.1 Å². The molecule has 0 aromatic heterocycles. The molecule has 1 saturated heterocycles. The molecule has 1 fully saturated rings. The number of carbonyl (C=O) groups is 1. The van der Waals surface area contributed by atoms with Crippen molar-refractivity contribution in [2.75, 3.05) is 32.1 Å². The van der Waals surface area contributed by atoms with Crippen LogP contribution in [0, 0.1) is 5.41 Å². The number of ether oxygens (including phenoxy) is 2. The molecular formula is C14H17F3N2O3. The number of alkyl halides is 3. The average molecular weight is 318 g/mol. The molecule has 122 valence electrons. The summed E-state index contributed by atoms with van der Waals surface area (Å²) in [6, 6.07) is 5.19. The Morgan fingerprint density at radius 1 is 1.45 bits per heavy atom. The second-order valence-corrected chi connectivity index (χ2v) is 5.17. The topological polar surface area (TPSA) is 59.6 Å². The molecule has 2 rings (SSSR count). The fourth-order valence-corrected chi connectivity index (χ4v) is 2.44.